The number of carbonyl (C=O) groups excluding carboxylic acids is 1. The number of hydrogen-bond donors (Lipinski definition) is 1. The Labute approximate surface area is 207 Å². The topological polar surface area (TPSA) is 45.2 Å². The molecule has 1 aliphatic heterocycles. The van der Waals surface area contributed by atoms with Gasteiger partial charge in [-0.05, 0) is 34.7 Å². The van der Waals surface area contributed by atoms with E-state index >= 15 is 0 Å². The van der Waals surface area contributed by atoms with Gasteiger partial charge in [0, 0.05) is 43.9 Å². The summed E-state index contributed by atoms with van der Waals surface area (Å²) in [5.74, 6) is 0.148. The van der Waals surface area contributed by atoms with Crippen molar-refractivity contribution in [2.24, 2.45) is 0 Å². The predicted molar refractivity (Wildman–Crippen MR) is 140 cm³/mol. The third kappa shape index (κ3) is 5.67. The third-order valence-corrected chi connectivity index (χ3v) is 6.86. The quantitative estimate of drug-likeness (QED) is 0.372. The SMILES string of the molecule is O=C(CC(c1ccccc1)c1ccccc1)NC1CCN(C(c2ccccc2)c2cccnc2)C1. The van der Waals surface area contributed by atoms with Gasteiger partial charge in [-0.3, -0.25) is 14.7 Å². The van der Waals surface area contributed by atoms with Crippen LogP contribution in [0.3, 0.4) is 0 Å². The first-order chi connectivity index (χ1) is 17.3. The summed E-state index contributed by atoms with van der Waals surface area (Å²) >= 11 is 0. The first-order valence-corrected chi connectivity index (χ1v) is 12.4. The van der Waals surface area contributed by atoms with Crippen LogP contribution in [0.25, 0.3) is 0 Å². The summed E-state index contributed by atoms with van der Waals surface area (Å²) in [5.41, 5.74) is 4.77. The zero-order valence-corrected chi connectivity index (χ0v) is 19.8. The number of likely N-dealkylation sites (tertiary alicyclic amines) is 1. The highest BCUT2D eigenvalue weighted by atomic mass is 16.1. The molecule has 1 N–H and O–H groups in total. The van der Waals surface area contributed by atoms with Gasteiger partial charge in [0.2, 0.25) is 5.91 Å². The van der Waals surface area contributed by atoms with Gasteiger partial charge in [0.15, 0.2) is 0 Å². The molecule has 5 rings (SSSR count). The maximum absolute atomic E-state index is 13.2. The van der Waals surface area contributed by atoms with Crippen molar-refractivity contribution >= 4 is 5.91 Å². The number of carbonyl (C=O) groups is 1. The van der Waals surface area contributed by atoms with Gasteiger partial charge in [-0.15, -0.1) is 0 Å². The van der Waals surface area contributed by atoms with Gasteiger partial charge in [-0.25, -0.2) is 0 Å². The van der Waals surface area contributed by atoms with E-state index in [0.29, 0.717) is 6.42 Å². The van der Waals surface area contributed by atoms with E-state index in [9.17, 15) is 4.79 Å². The van der Waals surface area contributed by atoms with E-state index in [-0.39, 0.29) is 23.9 Å². The third-order valence-electron chi connectivity index (χ3n) is 6.86. The van der Waals surface area contributed by atoms with E-state index in [1.54, 1.807) is 0 Å². The molecule has 0 bridgehead atoms. The van der Waals surface area contributed by atoms with Gasteiger partial charge < -0.3 is 5.32 Å². The summed E-state index contributed by atoms with van der Waals surface area (Å²) in [6.07, 6.45) is 5.15. The van der Waals surface area contributed by atoms with Gasteiger partial charge in [-0.1, -0.05) is 97.1 Å². The van der Waals surface area contributed by atoms with Crippen LogP contribution < -0.4 is 5.32 Å². The molecule has 1 fully saturated rings. The highest BCUT2D eigenvalue weighted by Crippen LogP contribution is 2.32. The lowest BCUT2D eigenvalue weighted by Crippen LogP contribution is -2.38. The first-order valence-electron chi connectivity index (χ1n) is 12.4. The van der Waals surface area contributed by atoms with Crippen molar-refractivity contribution in [2.45, 2.75) is 30.8 Å². The fraction of sp³-hybridized carbons (Fsp3) is 0.226. The van der Waals surface area contributed by atoms with E-state index in [1.165, 1.54) is 22.3 Å². The molecule has 2 unspecified atom stereocenters. The molecule has 4 heteroatoms. The molecule has 0 radical (unpaired) electrons. The number of rotatable bonds is 8. The van der Waals surface area contributed by atoms with Gasteiger partial charge in [-0.2, -0.15) is 0 Å². The summed E-state index contributed by atoms with van der Waals surface area (Å²) < 4.78 is 0. The lowest BCUT2D eigenvalue weighted by atomic mass is 9.88. The van der Waals surface area contributed by atoms with Crippen molar-refractivity contribution in [3.05, 3.63) is 138 Å². The Morgan fingerprint density at radius 1 is 0.800 bits per heavy atom. The molecule has 35 heavy (non-hydrogen) atoms. The second-order valence-electron chi connectivity index (χ2n) is 9.23. The van der Waals surface area contributed by atoms with E-state index in [1.807, 2.05) is 60.9 Å². The largest absolute Gasteiger partial charge is 0.352 e. The Bertz CT molecular complexity index is 1120. The fourth-order valence-electron chi connectivity index (χ4n) is 5.20. The normalized spacial score (nSPS) is 16.8. The van der Waals surface area contributed by atoms with E-state index < -0.39 is 0 Å². The van der Waals surface area contributed by atoms with E-state index in [2.05, 4.69) is 69.8 Å². The van der Waals surface area contributed by atoms with Crippen LogP contribution in [-0.4, -0.2) is 34.9 Å². The zero-order valence-electron chi connectivity index (χ0n) is 19.8. The van der Waals surface area contributed by atoms with Crippen LogP contribution in [0.5, 0.6) is 0 Å². The van der Waals surface area contributed by atoms with Crippen LogP contribution in [-0.2, 0) is 4.79 Å². The predicted octanol–water partition coefficient (Wildman–Crippen LogP) is 5.58. The standard InChI is InChI=1S/C31H31N3O/c35-30(21-29(24-11-4-1-5-12-24)25-13-6-2-7-14-25)33-28-18-20-34(23-28)31(26-15-8-3-9-16-26)27-17-10-19-32-22-27/h1-17,19,22,28-29,31H,18,20-21,23H2,(H,33,35). The number of benzene rings is 3. The highest BCUT2D eigenvalue weighted by Gasteiger charge is 2.31. The minimum atomic E-state index is 0.0439. The van der Waals surface area contributed by atoms with Crippen molar-refractivity contribution < 1.29 is 4.79 Å². The average Bonchev–Trinajstić information content (AvgIpc) is 3.37. The summed E-state index contributed by atoms with van der Waals surface area (Å²) in [7, 11) is 0. The smallest absolute Gasteiger partial charge is 0.221 e. The van der Waals surface area contributed by atoms with Crippen molar-refractivity contribution in [3.8, 4) is 0 Å². The summed E-state index contributed by atoms with van der Waals surface area (Å²) in [5, 5.41) is 3.34. The fourth-order valence-corrected chi connectivity index (χ4v) is 5.20. The monoisotopic (exact) mass is 461 g/mol. The van der Waals surface area contributed by atoms with Crippen LogP contribution in [0.4, 0.5) is 0 Å². The van der Waals surface area contributed by atoms with Gasteiger partial charge in [0.1, 0.15) is 0 Å². The number of nitrogens with zero attached hydrogens (tertiary/aromatic N) is 2. The molecule has 2 atom stereocenters. The number of nitrogens with one attached hydrogen (secondary N) is 1. The maximum Gasteiger partial charge on any atom is 0.221 e. The Kier molecular flexibility index (Phi) is 7.30. The van der Waals surface area contributed by atoms with Crippen molar-refractivity contribution in [1.82, 2.24) is 15.2 Å². The zero-order chi connectivity index (χ0) is 23.9. The molecule has 1 saturated heterocycles. The number of hydrogen-bond acceptors (Lipinski definition) is 3. The van der Waals surface area contributed by atoms with Crippen LogP contribution in [0, 0.1) is 0 Å². The molecule has 0 saturated carbocycles. The Hall–Kier alpha value is -3.76. The number of aromatic nitrogens is 1. The van der Waals surface area contributed by atoms with Gasteiger partial charge in [0.25, 0.3) is 0 Å². The lowest BCUT2D eigenvalue weighted by molar-refractivity contribution is -0.121. The van der Waals surface area contributed by atoms with Crippen LogP contribution in [0.15, 0.2) is 116 Å². The Balaban J connectivity index is 1.28. The van der Waals surface area contributed by atoms with Gasteiger partial charge in [0.05, 0.1) is 6.04 Å². The molecule has 0 spiro atoms. The Morgan fingerprint density at radius 3 is 1.94 bits per heavy atom. The molecule has 1 amide bonds. The second-order valence-corrected chi connectivity index (χ2v) is 9.23. The molecular weight excluding hydrogens is 430 g/mol. The average molecular weight is 462 g/mol. The van der Waals surface area contributed by atoms with E-state index in [0.717, 1.165) is 19.5 Å². The number of pyridine rings is 1. The van der Waals surface area contributed by atoms with Crippen LogP contribution >= 0.6 is 0 Å². The molecule has 176 valence electrons. The Morgan fingerprint density at radius 2 is 1.37 bits per heavy atom. The van der Waals surface area contributed by atoms with Crippen LogP contribution in [0.1, 0.15) is 47.1 Å². The van der Waals surface area contributed by atoms with E-state index in [4.69, 9.17) is 0 Å². The lowest BCUT2D eigenvalue weighted by Gasteiger charge is -2.28. The van der Waals surface area contributed by atoms with Crippen LogP contribution in [0.2, 0.25) is 0 Å². The molecule has 2 heterocycles. The molecular formula is C31H31N3O. The van der Waals surface area contributed by atoms with Crippen molar-refractivity contribution in [3.63, 3.8) is 0 Å². The molecule has 3 aromatic carbocycles. The van der Waals surface area contributed by atoms with Crippen molar-refractivity contribution in [1.29, 1.82) is 0 Å². The second kappa shape index (κ2) is 11.1. The maximum atomic E-state index is 13.2. The molecule has 1 aliphatic rings. The minimum absolute atomic E-state index is 0.0439. The van der Waals surface area contributed by atoms with Gasteiger partial charge >= 0.3 is 0 Å². The summed E-state index contributed by atoms with van der Waals surface area (Å²) in [4.78, 5) is 20.1. The van der Waals surface area contributed by atoms with Crippen molar-refractivity contribution in [2.75, 3.05) is 13.1 Å². The molecule has 0 aliphatic carbocycles. The molecule has 1 aromatic heterocycles. The summed E-state index contributed by atoms with van der Waals surface area (Å²) in [6, 6.07) is 35.6. The molecule has 4 aromatic rings. The molecule has 4 nitrogen and oxygen atoms in total. The minimum Gasteiger partial charge on any atom is -0.352 e. The highest BCUT2D eigenvalue weighted by molar-refractivity contribution is 5.78. The summed E-state index contributed by atoms with van der Waals surface area (Å²) in [6.45, 7) is 1.75. The first kappa shape index (κ1) is 23.0. The number of amides is 1.